The molecule has 0 amide bonds. The second-order valence-electron chi connectivity index (χ2n) is 1.87. The van der Waals surface area contributed by atoms with E-state index in [-0.39, 0.29) is 26.4 Å². The first kappa shape index (κ1) is 7.93. The van der Waals surface area contributed by atoms with Gasteiger partial charge in [0.2, 0.25) is 0 Å². The van der Waals surface area contributed by atoms with Crippen LogP contribution in [0.1, 0.15) is 0 Å². The summed E-state index contributed by atoms with van der Waals surface area (Å²) in [5.74, 6) is 0. The van der Waals surface area contributed by atoms with Crippen molar-refractivity contribution in [2.24, 2.45) is 0 Å². The smallest absolute Gasteiger partial charge is 0.343 e. The van der Waals surface area contributed by atoms with Crippen LogP contribution in [0.4, 0.5) is 0 Å². The van der Waals surface area contributed by atoms with Crippen molar-refractivity contribution >= 4 is 10.4 Å². The Morgan fingerprint density at radius 1 is 1.30 bits per heavy atom. The Hall–Kier alpha value is -0.170. The Bertz CT molecular complexity index is 190. The molecule has 0 spiro atoms. The maximum atomic E-state index is 10.3. The van der Waals surface area contributed by atoms with Crippen LogP contribution in [-0.2, 0) is 18.9 Å². The maximum absolute atomic E-state index is 10.3. The normalized spacial score (nSPS) is 22.9. The molecule has 1 aliphatic heterocycles. The maximum Gasteiger partial charge on any atom is 0.343 e. The minimum absolute atomic E-state index is 0.103. The highest BCUT2D eigenvalue weighted by Crippen LogP contribution is 2.07. The molecule has 0 aromatic carbocycles. The lowest BCUT2D eigenvalue weighted by Crippen LogP contribution is -2.33. The monoisotopic (exact) mass is 168 g/mol. The lowest BCUT2D eigenvalue weighted by atomic mass is 10.6. The second-order valence-corrected chi connectivity index (χ2v) is 3.16. The Morgan fingerprint density at radius 2 is 1.80 bits per heavy atom. The standard InChI is InChI=1S/C4H8O5S/c5-10(6,7)9-3-1-8-2-4-9/h1-4H2. The molecule has 0 aromatic heterocycles. The van der Waals surface area contributed by atoms with Crippen molar-refractivity contribution in [3.05, 3.63) is 0 Å². The van der Waals surface area contributed by atoms with Crippen molar-refractivity contribution in [2.45, 2.75) is 0 Å². The molecule has 0 atom stereocenters. The van der Waals surface area contributed by atoms with Crippen molar-refractivity contribution in [1.29, 1.82) is 0 Å². The zero-order valence-electron chi connectivity index (χ0n) is 5.28. The second kappa shape index (κ2) is 2.83. The number of hydrogen-bond acceptors (Lipinski definition) is 4. The first-order valence-corrected chi connectivity index (χ1v) is 4.15. The summed E-state index contributed by atoms with van der Waals surface area (Å²) >= 11 is 0. The lowest BCUT2D eigenvalue weighted by Gasteiger charge is -2.23. The Morgan fingerprint density at radius 3 is 2.10 bits per heavy atom. The van der Waals surface area contributed by atoms with Gasteiger partial charge in [-0.1, -0.05) is 0 Å². The van der Waals surface area contributed by atoms with E-state index in [0.29, 0.717) is 0 Å². The highest BCUT2D eigenvalue weighted by molar-refractivity contribution is 7.81. The Kier molecular flexibility index (Phi) is 2.24. The van der Waals surface area contributed by atoms with E-state index in [9.17, 15) is 13.0 Å². The van der Waals surface area contributed by atoms with Gasteiger partial charge in [-0.25, -0.2) is 0 Å². The van der Waals surface area contributed by atoms with E-state index in [1.807, 2.05) is 0 Å². The van der Waals surface area contributed by atoms with Gasteiger partial charge in [0.25, 0.3) is 0 Å². The van der Waals surface area contributed by atoms with Gasteiger partial charge in [0.15, 0.2) is 13.2 Å². The molecule has 60 valence electrons. The SMILES string of the molecule is O=S(=O)([O-])[O+]1CCOCC1. The van der Waals surface area contributed by atoms with Gasteiger partial charge >= 0.3 is 10.4 Å². The summed E-state index contributed by atoms with van der Waals surface area (Å²) < 4.78 is 37.3. The topological polar surface area (TPSA) is 69.1 Å². The van der Waals surface area contributed by atoms with Gasteiger partial charge in [-0.05, 0) is 0 Å². The molecule has 0 aliphatic carbocycles. The molecule has 0 aromatic rings. The Labute approximate surface area is 59.2 Å². The third-order valence-corrected chi connectivity index (χ3v) is 2.11. The van der Waals surface area contributed by atoms with Crippen LogP contribution in [0.3, 0.4) is 0 Å². The van der Waals surface area contributed by atoms with Gasteiger partial charge in [0, 0.05) is 0 Å². The zero-order valence-corrected chi connectivity index (χ0v) is 6.09. The number of rotatable bonds is 1. The number of ether oxygens (including phenoxy) is 1. The summed E-state index contributed by atoms with van der Waals surface area (Å²) in [6, 6.07) is 0. The van der Waals surface area contributed by atoms with Gasteiger partial charge in [-0.15, -0.1) is 0 Å². The molecule has 0 N–H and O–H groups in total. The molecular weight excluding hydrogens is 160 g/mol. The summed E-state index contributed by atoms with van der Waals surface area (Å²) in [6.45, 7) is 0.774. The highest BCUT2D eigenvalue weighted by atomic mass is 32.3. The summed E-state index contributed by atoms with van der Waals surface area (Å²) in [4.78, 5) is 0. The highest BCUT2D eigenvalue weighted by Gasteiger charge is 2.21. The largest absolute Gasteiger partial charge is 0.683 e. The van der Waals surface area contributed by atoms with E-state index in [0.717, 1.165) is 0 Å². The molecule has 10 heavy (non-hydrogen) atoms. The van der Waals surface area contributed by atoms with E-state index in [1.165, 1.54) is 0 Å². The molecule has 0 bridgehead atoms. The predicted molar refractivity (Wildman–Crippen MR) is 31.3 cm³/mol. The predicted octanol–water partition coefficient (Wildman–Crippen LogP) is -0.971. The van der Waals surface area contributed by atoms with Crippen molar-refractivity contribution in [1.82, 2.24) is 0 Å². The Balaban J connectivity index is 2.56. The summed E-state index contributed by atoms with van der Waals surface area (Å²) in [7, 11) is -4.31. The molecule has 1 fully saturated rings. The van der Waals surface area contributed by atoms with Crippen LogP contribution in [-0.4, -0.2) is 39.4 Å². The summed E-state index contributed by atoms with van der Waals surface area (Å²) in [6.07, 6.45) is 0. The van der Waals surface area contributed by atoms with Gasteiger partial charge in [-0.3, -0.25) is 0 Å². The van der Waals surface area contributed by atoms with Crippen molar-refractivity contribution in [3.63, 3.8) is 0 Å². The third kappa shape index (κ3) is 1.91. The fourth-order valence-corrected chi connectivity index (χ4v) is 1.26. The van der Waals surface area contributed by atoms with Crippen molar-refractivity contribution in [2.75, 3.05) is 26.4 Å². The summed E-state index contributed by atoms with van der Waals surface area (Å²) in [5.41, 5.74) is 0. The summed E-state index contributed by atoms with van der Waals surface area (Å²) in [5, 5.41) is 0. The molecular formula is C4H8O5S. The third-order valence-electron chi connectivity index (χ3n) is 1.20. The van der Waals surface area contributed by atoms with Crippen LogP contribution in [0.2, 0.25) is 0 Å². The molecule has 1 heterocycles. The van der Waals surface area contributed by atoms with Gasteiger partial charge < -0.3 is 13.1 Å². The van der Waals surface area contributed by atoms with Crippen LogP contribution >= 0.6 is 0 Å². The van der Waals surface area contributed by atoms with E-state index >= 15 is 0 Å². The molecule has 0 saturated carbocycles. The van der Waals surface area contributed by atoms with Crippen LogP contribution in [0.15, 0.2) is 0 Å². The van der Waals surface area contributed by atoms with Crippen LogP contribution in [0.25, 0.3) is 0 Å². The van der Waals surface area contributed by atoms with Gasteiger partial charge in [0.1, 0.15) is 13.2 Å². The van der Waals surface area contributed by atoms with Crippen LogP contribution in [0.5, 0.6) is 0 Å². The van der Waals surface area contributed by atoms with E-state index in [1.54, 1.807) is 3.81 Å². The van der Waals surface area contributed by atoms with Gasteiger partial charge in [-0.2, -0.15) is 8.42 Å². The fourth-order valence-electron chi connectivity index (χ4n) is 0.712. The molecule has 5 nitrogen and oxygen atoms in total. The molecule has 1 aliphatic rings. The van der Waals surface area contributed by atoms with Crippen LogP contribution < -0.4 is 0 Å². The molecule has 1 saturated heterocycles. The minimum atomic E-state index is -4.31. The fraction of sp³-hybridized carbons (Fsp3) is 1.00. The average Bonchev–Trinajstić information content (AvgIpc) is 1.88. The molecule has 1 rings (SSSR count). The first-order valence-electron chi connectivity index (χ1n) is 2.82. The number of hydrogen-bond donors (Lipinski definition) is 0. The molecule has 0 radical (unpaired) electrons. The lowest BCUT2D eigenvalue weighted by molar-refractivity contribution is -0.103. The molecule has 6 heteroatoms. The van der Waals surface area contributed by atoms with E-state index in [2.05, 4.69) is 0 Å². The van der Waals surface area contributed by atoms with E-state index in [4.69, 9.17) is 4.74 Å². The average molecular weight is 168 g/mol. The quantitative estimate of drug-likeness (QED) is 0.287. The van der Waals surface area contributed by atoms with Gasteiger partial charge in [0.05, 0.1) is 0 Å². The van der Waals surface area contributed by atoms with E-state index < -0.39 is 10.4 Å². The first-order chi connectivity index (χ1) is 4.61. The van der Waals surface area contributed by atoms with Crippen molar-refractivity contribution in [3.8, 4) is 0 Å². The minimum Gasteiger partial charge on any atom is -0.683 e. The molecule has 0 unspecified atom stereocenters. The zero-order chi connectivity index (χ0) is 7.61. The van der Waals surface area contributed by atoms with Crippen LogP contribution in [0, 0.1) is 0 Å². The van der Waals surface area contributed by atoms with Crippen molar-refractivity contribution < 1.29 is 21.5 Å².